The van der Waals surface area contributed by atoms with E-state index in [0.29, 0.717) is 15.2 Å². The van der Waals surface area contributed by atoms with Gasteiger partial charge in [0, 0.05) is 9.50 Å². The maximum atomic E-state index is 12.4. The molecule has 8 heteroatoms. The van der Waals surface area contributed by atoms with Crippen molar-refractivity contribution in [1.82, 2.24) is 0 Å². The summed E-state index contributed by atoms with van der Waals surface area (Å²) in [5, 5.41) is 0.541. The second-order valence-electron chi connectivity index (χ2n) is 3.89. The van der Waals surface area contributed by atoms with Crippen LogP contribution in [-0.2, 0) is 10.0 Å². The van der Waals surface area contributed by atoms with Gasteiger partial charge in [-0.05, 0) is 46.3 Å². The Morgan fingerprint density at radius 2 is 1.85 bits per heavy atom. The molecule has 2 aromatic carbocycles. The van der Waals surface area contributed by atoms with Gasteiger partial charge in [-0.3, -0.25) is 4.72 Å². The van der Waals surface area contributed by atoms with Gasteiger partial charge in [-0.15, -0.1) is 0 Å². The van der Waals surface area contributed by atoms with Gasteiger partial charge in [0.1, 0.15) is 4.90 Å². The summed E-state index contributed by atoms with van der Waals surface area (Å²) in [7, 11) is -3.89. The lowest BCUT2D eigenvalue weighted by atomic mass is 10.3. The number of nitrogens with one attached hydrogen (secondary N) is 1. The minimum absolute atomic E-state index is 0.0579. The zero-order valence-corrected chi connectivity index (χ0v) is 13.8. The zero-order valence-electron chi connectivity index (χ0n) is 9.90. The fourth-order valence-corrected chi connectivity index (χ4v) is 4.25. The Hall–Kier alpha value is -0.950. The molecule has 2 aromatic rings. The smallest absolute Gasteiger partial charge is 0.265 e. The highest BCUT2D eigenvalue weighted by atomic mass is 79.9. The predicted molar refractivity (Wildman–Crippen MR) is 85.8 cm³/mol. The quantitative estimate of drug-likeness (QED) is 0.767. The monoisotopic (exact) mass is 394 g/mol. The Bertz CT molecular complexity index is 746. The Kier molecular flexibility index (Phi) is 4.49. The minimum Gasteiger partial charge on any atom is -0.398 e. The molecule has 0 aromatic heterocycles. The van der Waals surface area contributed by atoms with Crippen LogP contribution in [-0.4, -0.2) is 8.42 Å². The maximum Gasteiger partial charge on any atom is 0.265 e. The fourth-order valence-electron chi connectivity index (χ4n) is 1.58. The van der Waals surface area contributed by atoms with Gasteiger partial charge in [0.05, 0.1) is 16.4 Å². The van der Waals surface area contributed by atoms with E-state index < -0.39 is 10.0 Å². The van der Waals surface area contributed by atoms with E-state index in [0.717, 1.165) is 0 Å². The maximum absolute atomic E-state index is 12.4. The van der Waals surface area contributed by atoms with Crippen LogP contribution in [0.3, 0.4) is 0 Å². The molecule has 0 radical (unpaired) electrons. The standard InChI is InChI=1S/C12H9BrCl2N2O2S/c13-8-6-7(14)4-5-11(8)17-20(18,19)12-9(15)2-1-3-10(12)16/h1-6,17H,16H2. The summed E-state index contributed by atoms with van der Waals surface area (Å²) in [5.74, 6) is 0. The number of sulfonamides is 1. The number of hydrogen-bond acceptors (Lipinski definition) is 3. The van der Waals surface area contributed by atoms with E-state index in [2.05, 4.69) is 20.7 Å². The molecule has 20 heavy (non-hydrogen) atoms. The van der Waals surface area contributed by atoms with Gasteiger partial charge in [-0.25, -0.2) is 8.42 Å². The van der Waals surface area contributed by atoms with Gasteiger partial charge >= 0.3 is 0 Å². The highest BCUT2D eigenvalue weighted by molar-refractivity contribution is 9.10. The number of benzene rings is 2. The lowest BCUT2D eigenvalue weighted by molar-refractivity contribution is 0.601. The molecule has 4 nitrogen and oxygen atoms in total. The molecule has 0 unspecified atom stereocenters. The summed E-state index contributed by atoms with van der Waals surface area (Å²) in [6.07, 6.45) is 0. The molecule has 0 heterocycles. The molecular weight excluding hydrogens is 387 g/mol. The van der Waals surface area contributed by atoms with Crippen LogP contribution >= 0.6 is 39.1 Å². The van der Waals surface area contributed by atoms with E-state index in [4.69, 9.17) is 28.9 Å². The summed E-state index contributed by atoms with van der Waals surface area (Å²) in [5.41, 5.74) is 6.11. The molecule has 0 saturated carbocycles. The zero-order chi connectivity index (χ0) is 14.9. The summed E-state index contributed by atoms with van der Waals surface area (Å²) in [6, 6.07) is 9.20. The van der Waals surface area contributed by atoms with E-state index in [1.165, 1.54) is 18.2 Å². The Labute approximate surface area is 135 Å². The summed E-state index contributed by atoms with van der Waals surface area (Å²) in [4.78, 5) is -0.150. The molecule has 0 bridgehead atoms. The Balaban J connectivity index is 2.46. The molecule has 0 aliphatic carbocycles. The lowest BCUT2D eigenvalue weighted by Gasteiger charge is -2.12. The average Bonchev–Trinajstić information content (AvgIpc) is 2.32. The van der Waals surface area contributed by atoms with Crippen LogP contribution in [0.15, 0.2) is 45.8 Å². The van der Waals surface area contributed by atoms with Gasteiger partial charge in [-0.1, -0.05) is 29.3 Å². The summed E-state index contributed by atoms with van der Waals surface area (Å²) < 4.78 is 27.6. The van der Waals surface area contributed by atoms with Gasteiger partial charge in [0.25, 0.3) is 10.0 Å². The average molecular weight is 396 g/mol. The second kappa shape index (κ2) is 5.81. The SMILES string of the molecule is Nc1cccc(Cl)c1S(=O)(=O)Nc1ccc(Cl)cc1Br. The fraction of sp³-hybridized carbons (Fsp3) is 0. The second-order valence-corrected chi connectivity index (χ2v) is 7.21. The Morgan fingerprint density at radius 3 is 2.45 bits per heavy atom. The molecule has 0 saturated heterocycles. The number of halogens is 3. The van der Waals surface area contributed by atoms with Crippen LogP contribution in [0, 0.1) is 0 Å². The molecule has 0 fully saturated rings. The number of nitrogens with two attached hydrogens (primary N) is 1. The van der Waals surface area contributed by atoms with Crippen molar-refractivity contribution in [3.05, 3.63) is 50.9 Å². The lowest BCUT2D eigenvalue weighted by Crippen LogP contribution is -2.15. The third-order valence-electron chi connectivity index (χ3n) is 2.44. The van der Waals surface area contributed by atoms with Crippen LogP contribution < -0.4 is 10.5 Å². The van der Waals surface area contributed by atoms with Gasteiger partial charge in [-0.2, -0.15) is 0 Å². The van der Waals surface area contributed by atoms with E-state index in [1.807, 2.05) is 0 Å². The van der Waals surface area contributed by atoms with Crippen molar-refractivity contribution >= 4 is 60.5 Å². The van der Waals surface area contributed by atoms with Gasteiger partial charge < -0.3 is 5.73 Å². The molecule has 106 valence electrons. The molecule has 0 aliphatic rings. The molecule has 0 spiro atoms. The number of hydrogen-bond donors (Lipinski definition) is 2. The first-order valence-corrected chi connectivity index (χ1v) is 8.36. The summed E-state index contributed by atoms with van der Waals surface area (Å²) in [6.45, 7) is 0. The summed E-state index contributed by atoms with van der Waals surface area (Å²) >= 11 is 15.0. The molecular formula is C12H9BrCl2N2O2S. The van der Waals surface area contributed by atoms with Crippen molar-refractivity contribution in [1.29, 1.82) is 0 Å². The topological polar surface area (TPSA) is 72.2 Å². The predicted octanol–water partition coefficient (Wildman–Crippen LogP) is 4.14. The molecule has 2 rings (SSSR count). The van der Waals surface area contributed by atoms with Crippen molar-refractivity contribution in [2.24, 2.45) is 0 Å². The van der Waals surface area contributed by atoms with Crippen LogP contribution in [0.25, 0.3) is 0 Å². The molecule has 0 aliphatic heterocycles. The third-order valence-corrected chi connectivity index (χ3v) is 5.24. The van der Waals surface area contributed by atoms with Gasteiger partial charge in [0.2, 0.25) is 0 Å². The minimum atomic E-state index is -3.89. The van der Waals surface area contributed by atoms with E-state index in [9.17, 15) is 8.42 Å². The van der Waals surface area contributed by atoms with Crippen molar-refractivity contribution in [3.8, 4) is 0 Å². The molecule has 0 atom stereocenters. The van der Waals surface area contributed by atoms with Crippen molar-refractivity contribution in [3.63, 3.8) is 0 Å². The van der Waals surface area contributed by atoms with Gasteiger partial charge in [0.15, 0.2) is 0 Å². The van der Waals surface area contributed by atoms with Crippen LogP contribution in [0.5, 0.6) is 0 Å². The number of anilines is 2. The first kappa shape index (κ1) is 15.4. The van der Waals surface area contributed by atoms with E-state index in [-0.39, 0.29) is 15.6 Å². The van der Waals surface area contributed by atoms with Crippen molar-refractivity contribution < 1.29 is 8.42 Å². The van der Waals surface area contributed by atoms with Crippen LogP contribution in [0.2, 0.25) is 10.0 Å². The largest absolute Gasteiger partial charge is 0.398 e. The van der Waals surface area contributed by atoms with Crippen LogP contribution in [0.4, 0.5) is 11.4 Å². The van der Waals surface area contributed by atoms with E-state index >= 15 is 0 Å². The van der Waals surface area contributed by atoms with Crippen LogP contribution in [0.1, 0.15) is 0 Å². The third kappa shape index (κ3) is 3.20. The highest BCUT2D eigenvalue weighted by Gasteiger charge is 2.22. The van der Waals surface area contributed by atoms with E-state index in [1.54, 1.807) is 18.2 Å². The Morgan fingerprint density at radius 1 is 1.15 bits per heavy atom. The number of rotatable bonds is 3. The first-order valence-electron chi connectivity index (χ1n) is 5.33. The van der Waals surface area contributed by atoms with Crippen molar-refractivity contribution in [2.75, 3.05) is 10.5 Å². The first-order chi connectivity index (χ1) is 9.31. The molecule has 0 amide bonds. The number of nitrogen functional groups attached to an aromatic ring is 1. The highest BCUT2D eigenvalue weighted by Crippen LogP contribution is 2.32. The van der Waals surface area contributed by atoms with Crippen molar-refractivity contribution in [2.45, 2.75) is 4.90 Å². The molecule has 3 N–H and O–H groups in total. The normalized spacial score (nSPS) is 11.3.